The minimum Gasteiger partial charge on any atom is -0.485 e. The lowest BCUT2D eigenvalue weighted by atomic mass is 10.1. The Bertz CT molecular complexity index is 836. The van der Waals surface area contributed by atoms with Crippen molar-refractivity contribution in [2.24, 2.45) is 0 Å². The molecule has 0 spiro atoms. The smallest absolute Gasteiger partial charge is 0.416 e. The molecule has 0 bridgehead atoms. The molecule has 2 aromatic carbocycles. The third-order valence-corrected chi connectivity index (χ3v) is 3.68. The molecule has 0 aromatic heterocycles. The molecule has 0 fully saturated rings. The minimum absolute atomic E-state index is 0.0144. The summed E-state index contributed by atoms with van der Waals surface area (Å²) in [6.07, 6.45) is -5.35. The van der Waals surface area contributed by atoms with E-state index >= 15 is 0 Å². The van der Waals surface area contributed by atoms with Gasteiger partial charge in [0.15, 0.2) is 11.5 Å². The van der Waals surface area contributed by atoms with Crippen molar-refractivity contribution in [3.63, 3.8) is 0 Å². The fourth-order valence-electron chi connectivity index (χ4n) is 2.32. The van der Waals surface area contributed by atoms with Gasteiger partial charge in [-0.2, -0.15) is 13.2 Å². The number of rotatable bonds is 4. The molecule has 0 saturated heterocycles. The highest BCUT2D eigenvalue weighted by Crippen LogP contribution is 2.31. The fourth-order valence-corrected chi connectivity index (χ4v) is 2.32. The highest BCUT2D eigenvalue weighted by atomic mass is 19.4. The van der Waals surface area contributed by atoms with Crippen LogP contribution < -0.4 is 20.3 Å². The molecule has 1 amide bonds. The van der Waals surface area contributed by atoms with Crippen molar-refractivity contribution in [2.45, 2.75) is 12.3 Å². The van der Waals surface area contributed by atoms with Gasteiger partial charge < -0.3 is 9.47 Å². The average molecular weight is 364 g/mol. The van der Waals surface area contributed by atoms with Crippen molar-refractivity contribution >= 4 is 11.6 Å². The maximum Gasteiger partial charge on any atom is 0.416 e. The second-order valence-electron chi connectivity index (χ2n) is 5.54. The molecule has 26 heavy (non-hydrogen) atoms. The van der Waals surface area contributed by atoms with E-state index in [1.807, 2.05) is 0 Å². The number of halogens is 3. The summed E-state index contributed by atoms with van der Waals surface area (Å²) in [6.45, 7) is 3.65. The number of carbonyl (C=O) groups is 1. The molecule has 136 valence electrons. The van der Waals surface area contributed by atoms with Gasteiger partial charge in [0.1, 0.15) is 6.61 Å². The van der Waals surface area contributed by atoms with Crippen LogP contribution in [0.15, 0.2) is 55.1 Å². The second kappa shape index (κ2) is 6.99. The van der Waals surface area contributed by atoms with Crippen molar-refractivity contribution in [3.05, 3.63) is 66.2 Å². The summed E-state index contributed by atoms with van der Waals surface area (Å²) in [5.74, 6) is 0.445. The van der Waals surface area contributed by atoms with Gasteiger partial charge in [0.25, 0.3) is 5.91 Å². The van der Waals surface area contributed by atoms with Gasteiger partial charge in [-0.1, -0.05) is 30.8 Å². The van der Waals surface area contributed by atoms with E-state index in [0.717, 1.165) is 12.1 Å². The van der Waals surface area contributed by atoms with Gasteiger partial charge in [-0.3, -0.25) is 15.6 Å². The summed E-state index contributed by atoms with van der Waals surface area (Å²) in [7, 11) is 0. The zero-order valence-electron chi connectivity index (χ0n) is 13.5. The standard InChI is InChI=1S/C18H15F3N2O3/c1-11(12-5-4-6-13(9-12)18(19,20)21)22-23-17(24)16-10-25-14-7-2-3-8-15(14)26-16/h2-9,16,22H,1,10H2,(H,23,24)/t16-/m1/s1. The van der Waals surface area contributed by atoms with E-state index in [1.165, 1.54) is 12.1 Å². The lowest BCUT2D eigenvalue weighted by molar-refractivity contribution is -0.137. The van der Waals surface area contributed by atoms with Gasteiger partial charge in [0.05, 0.1) is 11.3 Å². The third-order valence-electron chi connectivity index (χ3n) is 3.68. The van der Waals surface area contributed by atoms with Crippen molar-refractivity contribution in [2.75, 3.05) is 6.61 Å². The summed E-state index contributed by atoms with van der Waals surface area (Å²) in [6, 6.07) is 11.5. The molecule has 2 aromatic rings. The van der Waals surface area contributed by atoms with Crippen LogP contribution in [-0.4, -0.2) is 18.6 Å². The molecule has 8 heteroatoms. The maximum absolute atomic E-state index is 12.8. The largest absolute Gasteiger partial charge is 0.485 e. The van der Waals surface area contributed by atoms with Crippen LogP contribution >= 0.6 is 0 Å². The Hall–Kier alpha value is -3.16. The number of carbonyl (C=O) groups excluding carboxylic acids is 1. The van der Waals surface area contributed by atoms with Crippen LogP contribution in [0.4, 0.5) is 13.2 Å². The molecule has 1 aliphatic heterocycles. The predicted octanol–water partition coefficient (Wildman–Crippen LogP) is 3.14. The number of hydrogen-bond donors (Lipinski definition) is 2. The predicted molar refractivity (Wildman–Crippen MR) is 88.1 cm³/mol. The Morgan fingerprint density at radius 3 is 2.54 bits per heavy atom. The van der Waals surface area contributed by atoms with Crippen LogP contribution in [0.1, 0.15) is 11.1 Å². The SMILES string of the molecule is C=C(NNC(=O)[C@H]1COc2ccccc2O1)c1cccc(C(F)(F)F)c1. The van der Waals surface area contributed by atoms with Gasteiger partial charge in [-0.25, -0.2) is 0 Å². The van der Waals surface area contributed by atoms with E-state index < -0.39 is 23.8 Å². The van der Waals surface area contributed by atoms with E-state index in [0.29, 0.717) is 11.5 Å². The summed E-state index contributed by atoms with van der Waals surface area (Å²) in [5, 5.41) is 0. The van der Waals surface area contributed by atoms with Crippen LogP contribution in [-0.2, 0) is 11.0 Å². The first-order valence-electron chi connectivity index (χ1n) is 7.65. The lowest BCUT2D eigenvalue weighted by Gasteiger charge is -2.25. The number of nitrogens with one attached hydrogen (secondary N) is 2. The molecular weight excluding hydrogens is 349 g/mol. The number of ether oxygens (including phenoxy) is 2. The minimum atomic E-state index is -4.46. The first kappa shape index (κ1) is 17.7. The Labute approximate surface area is 147 Å². The van der Waals surface area contributed by atoms with Gasteiger partial charge in [-0.15, -0.1) is 0 Å². The monoisotopic (exact) mass is 364 g/mol. The van der Waals surface area contributed by atoms with Gasteiger partial charge in [0.2, 0.25) is 6.10 Å². The van der Waals surface area contributed by atoms with Crippen LogP contribution in [0.2, 0.25) is 0 Å². The number of fused-ring (bicyclic) bond motifs is 1. The van der Waals surface area contributed by atoms with Gasteiger partial charge >= 0.3 is 6.18 Å². The number of hydrazine groups is 1. The lowest BCUT2D eigenvalue weighted by Crippen LogP contribution is -2.48. The highest BCUT2D eigenvalue weighted by Gasteiger charge is 2.31. The molecule has 0 saturated carbocycles. The summed E-state index contributed by atoms with van der Waals surface area (Å²) in [4.78, 5) is 12.2. The highest BCUT2D eigenvalue weighted by molar-refractivity contribution is 5.82. The van der Waals surface area contributed by atoms with Crippen molar-refractivity contribution in [1.82, 2.24) is 10.9 Å². The molecule has 1 heterocycles. The Morgan fingerprint density at radius 2 is 1.81 bits per heavy atom. The molecule has 2 N–H and O–H groups in total. The zero-order chi connectivity index (χ0) is 18.7. The van der Waals surface area contributed by atoms with E-state index in [-0.39, 0.29) is 17.9 Å². The number of benzene rings is 2. The van der Waals surface area contributed by atoms with Crippen LogP contribution in [0.25, 0.3) is 5.70 Å². The molecule has 0 aliphatic carbocycles. The molecule has 1 atom stereocenters. The van der Waals surface area contributed by atoms with Crippen molar-refractivity contribution < 1.29 is 27.4 Å². The Kier molecular flexibility index (Phi) is 4.75. The summed E-state index contributed by atoms with van der Waals surface area (Å²) >= 11 is 0. The van der Waals surface area contributed by atoms with E-state index in [4.69, 9.17) is 9.47 Å². The molecular formula is C18H15F3N2O3. The van der Waals surface area contributed by atoms with E-state index in [9.17, 15) is 18.0 Å². The van der Waals surface area contributed by atoms with E-state index in [1.54, 1.807) is 24.3 Å². The molecule has 0 radical (unpaired) electrons. The number of alkyl halides is 3. The van der Waals surface area contributed by atoms with Gasteiger partial charge in [0, 0.05) is 0 Å². The number of hydrogen-bond acceptors (Lipinski definition) is 4. The van der Waals surface area contributed by atoms with Crippen molar-refractivity contribution in [1.29, 1.82) is 0 Å². The quantitative estimate of drug-likeness (QED) is 0.819. The number of para-hydroxylation sites is 2. The normalized spacial score (nSPS) is 15.9. The van der Waals surface area contributed by atoms with Crippen LogP contribution in [0.5, 0.6) is 11.5 Å². The van der Waals surface area contributed by atoms with Crippen molar-refractivity contribution in [3.8, 4) is 11.5 Å². The summed E-state index contributed by atoms with van der Waals surface area (Å²) in [5.41, 5.74) is 4.38. The third kappa shape index (κ3) is 3.90. The van der Waals surface area contributed by atoms with Crippen LogP contribution in [0, 0.1) is 0 Å². The van der Waals surface area contributed by atoms with E-state index in [2.05, 4.69) is 17.4 Å². The molecule has 3 rings (SSSR count). The summed E-state index contributed by atoms with van der Waals surface area (Å²) < 4.78 is 49.3. The topological polar surface area (TPSA) is 59.6 Å². The van der Waals surface area contributed by atoms with Gasteiger partial charge in [-0.05, 0) is 29.8 Å². The molecule has 1 aliphatic rings. The zero-order valence-corrected chi connectivity index (χ0v) is 13.5. The maximum atomic E-state index is 12.8. The number of amides is 1. The fraction of sp³-hybridized carbons (Fsp3) is 0.167. The Morgan fingerprint density at radius 1 is 1.08 bits per heavy atom. The average Bonchev–Trinajstić information content (AvgIpc) is 2.64. The Balaban J connectivity index is 1.59. The molecule has 5 nitrogen and oxygen atoms in total. The first-order chi connectivity index (χ1) is 12.3. The second-order valence-corrected chi connectivity index (χ2v) is 5.54. The molecule has 0 unspecified atom stereocenters. The van der Waals surface area contributed by atoms with Crippen LogP contribution in [0.3, 0.4) is 0 Å². The first-order valence-corrected chi connectivity index (χ1v) is 7.65.